The zero-order valence-electron chi connectivity index (χ0n) is 24.5. The van der Waals surface area contributed by atoms with Crippen molar-refractivity contribution in [1.82, 2.24) is 4.90 Å². The second-order valence-electron chi connectivity index (χ2n) is 11.1. The number of anilines is 2. The first-order chi connectivity index (χ1) is 21.7. The van der Waals surface area contributed by atoms with E-state index in [0.29, 0.717) is 66.6 Å². The van der Waals surface area contributed by atoms with E-state index in [1.54, 1.807) is 12.1 Å². The van der Waals surface area contributed by atoms with Crippen LogP contribution in [0.2, 0.25) is 0 Å². The Morgan fingerprint density at radius 2 is 1.57 bits per heavy atom. The summed E-state index contributed by atoms with van der Waals surface area (Å²) in [6.45, 7) is 7.26. The van der Waals surface area contributed by atoms with Crippen LogP contribution in [0.4, 0.5) is 11.6 Å². The fraction of sp³-hybridized carbons (Fsp3) is 0.353. The Labute approximate surface area is 254 Å². The number of hydrogen-bond acceptors (Lipinski definition) is 9. The van der Waals surface area contributed by atoms with Crippen LogP contribution in [0.1, 0.15) is 6.42 Å². The van der Waals surface area contributed by atoms with Gasteiger partial charge < -0.3 is 33.3 Å². The van der Waals surface area contributed by atoms with Gasteiger partial charge in [0.05, 0.1) is 42.9 Å². The van der Waals surface area contributed by atoms with E-state index in [1.165, 1.54) is 0 Å². The normalized spacial score (nSPS) is 16.2. The number of benzene rings is 3. The number of furan rings is 1. The molecule has 1 amide bonds. The number of nitrogens with zero attached hydrogens (tertiary/aromatic N) is 2. The van der Waals surface area contributed by atoms with Gasteiger partial charge in [0.25, 0.3) is 0 Å². The van der Waals surface area contributed by atoms with E-state index in [1.807, 2.05) is 53.4 Å². The molecule has 2 aromatic heterocycles. The van der Waals surface area contributed by atoms with E-state index < -0.39 is 0 Å². The minimum atomic E-state index is -0.234. The molecular formula is C34H35N3O7. The van der Waals surface area contributed by atoms with E-state index in [2.05, 4.69) is 10.2 Å². The predicted molar refractivity (Wildman–Crippen MR) is 170 cm³/mol. The number of hydrogen-bond donors (Lipinski definition) is 1. The SMILES string of the molecule is O=C(COCCCN1CCOCC1)Nc1ccc(-c2cccc3c(=O)cc(N4CCOCC4)oc23)c2oc3ccccc3c12. The molecule has 4 heterocycles. The molecule has 0 bridgehead atoms. The van der Waals surface area contributed by atoms with Crippen LogP contribution in [-0.4, -0.2) is 83.2 Å². The minimum absolute atomic E-state index is 0.0407. The van der Waals surface area contributed by atoms with Crippen LogP contribution in [0.5, 0.6) is 0 Å². The molecular weight excluding hydrogens is 562 g/mol. The number of carbonyl (C=O) groups is 1. The summed E-state index contributed by atoms with van der Waals surface area (Å²) in [6, 6.07) is 18.6. The molecule has 44 heavy (non-hydrogen) atoms. The summed E-state index contributed by atoms with van der Waals surface area (Å²) in [5.74, 6) is 0.287. The van der Waals surface area contributed by atoms with Crippen LogP contribution < -0.4 is 15.6 Å². The van der Waals surface area contributed by atoms with Crippen LogP contribution in [0, 0.1) is 0 Å². The van der Waals surface area contributed by atoms with Crippen LogP contribution in [0.25, 0.3) is 44.0 Å². The number of ether oxygens (including phenoxy) is 3. The summed E-state index contributed by atoms with van der Waals surface area (Å²) < 4.78 is 29.4. The molecule has 228 valence electrons. The summed E-state index contributed by atoms with van der Waals surface area (Å²) in [7, 11) is 0. The molecule has 3 aromatic carbocycles. The third-order valence-corrected chi connectivity index (χ3v) is 8.25. The molecule has 10 heteroatoms. The quantitative estimate of drug-likeness (QED) is 0.238. The summed E-state index contributed by atoms with van der Waals surface area (Å²) in [5, 5.41) is 5.19. The van der Waals surface area contributed by atoms with Gasteiger partial charge in [-0.3, -0.25) is 14.5 Å². The highest BCUT2D eigenvalue weighted by Gasteiger charge is 2.22. The maximum absolute atomic E-state index is 13.2. The Balaban J connectivity index is 1.18. The molecule has 0 atom stereocenters. The molecule has 5 aromatic rings. The van der Waals surface area contributed by atoms with E-state index >= 15 is 0 Å². The smallest absolute Gasteiger partial charge is 0.250 e. The standard InChI is InChI=1S/C34H35N3O7/c38-28-21-31(37-14-19-41-20-15-37)44-33-23(6-3-7-25(28)33)24-9-10-27(32-26-5-1-2-8-29(26)43-34(24)32)35-30(39)22-42-16-4-11-36-12-17-40-18-13-36/h1-3,5-10,21H,4,11-20,22H2,(H,35,39). The van der Waals surface area contributed by atoms with Crippen molar-refractivity contribution in [2.75, 3.05) is 82.6 Å². The molecule has 7 rings (SSSR count). The van der Waals surface area contributed by atoms with Crippen molar-refractivity contribution in [1.29, 1.82) is 0 Å². The van der Waals surface area contributed by atoms with E-state index in [-0.39, 0.29) is 17.9 Å². The number of fused-ring (bicyclic) bond motifs is 4. The van der Waals surface area contributed by atoms with Crippen LogP contribution in [-0.2, 0) is 19.0 Å². The number of rotatable bonds is 9. The van der Waals surface area contributed by atoms with Gasteiger partial charge >= 0.3 is 0 Å². The summed E-state index contributed by atoms with van der Waals surface area (Å²) in [6.07, 6.45) is 0.854. The van der Waals surface area contributed by atoms with Gasteiger partial charge in [0, 0.05) is 61.9 Å². The average Bonchev–Trinajstić information content (AvgIpc) is 3.46. The lowest BCUT2D eigenvalue weighted by molar-refractivity contribution is -0.120. The lowest BCUT2D eigenvalue weighted by atomic mass is 9.99. The molecule has 1 N–H and O–H groups in total. The van der Waals surface area contributed by atoms with Gasteiger partial charge in [0.1, 0.15) is 23.4 Å². The van der Waals surface area contributed by atoms with Crippen molar-refractivity contribution in [3.05, 3.63) is 70.9 Å². The Morgan fingerprint density at radius 3 is 2.41 bits per heavy atom. The molecule has 2 aliphatic heterocycles. The molecule has 0 radical (unpaired) electrons. The van der Waals surface area contributed by atoms with Crippen molar-refractivity contribution in [3.8, 4) is 11.1 Å². The monoisotopic (exact) mass is 597 g/mol. The maximum atomic E-state index is 13.2. The lowest BCUT2D eigenvalue weighted by Crippen LogP contribution is -2.37. The first-order valence-electron chi connectivity index (χ1n) is 15.2. The van der Waals surface area contributed by atoms with Gasteiger partial charge in [-0.15, -0.1) is 0 Å². The van der Waals surface area contributed by atoms with Gasteiger partial charge in [-0.25, -0.2) is 0 Å². The first-order valence-corrected chi connectivity index (χ1v) is 15.2. The highest BCUT2D eigenvalue weighted by Crippen LogP contribution is 2.42. The van der Waals surface area contributed by atoms with Crippen molar-refractivity contribution in [3.63, 3.8) is 0 Å². The van der Waals surface area contributed by atoms with Crippen molar-refractivity contribution in [2.24, 2.45) is 0 Å². The van der Waals surface area contributed by atoms with Crippen LogP contribution in [0.3, 0.4) is 0 Å². The second-order valence-corrected chi connectivity index (χ2v) is 11.1. The molecule has 0 unspecified atom stereocenters. The van der Waals surface area contributed by atoms with Crippen LogP contribution >= 0.6 is 0 Å². The molecule has 0 saturated carbocycles. The fourth-order valence-corrected chi connectivity index (χ4v) is 6.03. The van der Waals surface area contributed by atoms with Crippen molar-refractivity contribution in [2.45, 2.75) is 6.42 Å². The Morgan fingerprint density at radius 1 is 0.818 bits per heavy atom. The van der Waals surface area contributed by atoms with Crippen LogP contribution in [0.15, 0.2) is 74.3 Å². The third-order valence-electron chi connectivity index (χ3n) is 8.25. The molecule has 2 fully saturated rings. The highest BCUT2D eigenvalue weighted by atomic mass is 16.5. The van der Waals surface area contributed by atoms with Crippen molar-refractivity contribution < 1.29 is 27.8 Å². The zero-order valence-corrected chi connectivity index (χ0v) is 24.5. The second kappa shape index (κ2) is 12.8. The molecule has 2 aliphatic rings. The van der Waals surface area contributed by atoms with E-state index in [0.717, 1.165) is 61.2 Å². The summed E-state index contributed by atoms with van der Waals surface area (Å²) in [5.41, 5.74) is 3.81. The lowest BCUT2D eigenvalue weighted by Gasteiger charge is -2.27. The number of carbonyl (C=O) groups excluding carboxylic acids is 1. The first kappa shape index (κ1) is 28.5. The third kappa shape index (κ3) is 5.81. The Kier molecular flexibility index (Phi) is 8.30. The average molecular weight is 598 g/mol. The van der Waals surface area contributed by atoms with Gasteiger partial charge in [-0.2, -0.15) is 0 Å². The largest absolute Gasteiger partial charge is 0.455 e. The Hall–Kier alpha value is -4.22. The van der Waals surface area contributed by atoms with Crippen molar-refractivity contribution >= 4 is 50.4 Å². The topological polar surface area (TPSA) is 107 Å². The summed E-state index contributed by atoms with van der Waals surface area (Å²) in [4.78, 5) is 30.6. The molecule has 10 nitrogen and oxygen atoms in total. The molecule has 0 spiro atoms. The number of morpholine rings is 2. The predicted octanol–water partition coefficient (Wildman–Crippen LogP) is 4.87. The minimum Gasteiger partial charge on any atom is -0.455 e. The van der Waals surface area contributed by atoms with E-state index in [4.69, 9.17) is 23.0 Å². The maximum Gasteiger partial charge on any atom is 0.250 e. The zero-order chi connectivity index (χ0) is 29.9. The number of para-hydroxylation sites is 2. The molecule has 0 aliphatic carbocycles. The van der Waals surface area contributed by atoms with Gasteiger partial charge in [0.15, 0.2) is 11.3 Å². The highest BCUT2D eigenvalue weighted by molar-refractivity contribution is 6.18. The summed E-state index contributed by atoms with van der Waals surface area (Å²) >= 11 is 0. The van der Waals surface area contributed by atoms with E-state index in [9.17, 15) is 9.59 Å². The molecule has 2 saturated heterocycles. The fourth-order valence-electron chi connectivity index (χ4n) is 6.03. The van der Waals surface area contributed by atoms with Gasteiger partial charge in [-0.05, 0) is 30.7 Å². The Bertz CT molecular complexity index is 1850. The number of amides is 1. The number of nitrogens with one attached hydrogen (secondary N) is 1. The van der Waals surface area contributed by atoms with Gasteiger partial charge in [-0.1, -0.05) is 30.3 Å². The van der Waals surface area contributed by atoms with Gasteiger partial charge in [0.2, 0.25) is 5.91 Å².